The van der Waals surface area contributed by atoms with E-state index < -0.39 is 0 Å². The molecule has 0 saturated carbocycles. The van der Waals surface area contributed by atoms with E-state index in [1.165, 1.54) is 6.07 Å². The number of phenols is 1. The van der Waals surface area contributed by atoms with Gasteiger partial charge in [0.1, 0.15) is 11.6 Å². The van der Waals surface area contributed by atoms with Gasteiger partial charge in [0.2, 0.25) is 0 Å². The highest BCUT2D eigenvalue weighted by atomic mass is 19.1. The van der Waals surface area contributed by atoms with Crippen molar-refractivity contribution in [2.45, 2.75) is 19.4 Å². The molecule has 1 saturated heterocycles. The van der Waals surface area contributed by atoms with Crippen LogP contribution in [0, 0.1) is 18.7 Å². The summed E-state index contributed by atoms with van der Waals surface area (Å²) in [5, 5.41) is 9.68. The number of rotatable bonds is 2. The van der Waals surface area contributed by atoms with Gasteiger partial charge in [-0.15, -0.1) is 0 Å². The third kappa shape index (κ3) is 2.28. The van der Waals surface area contributed by atoms with Gasteiger partial charge in [0.25, 0.3) is 0 Å². The molecule has 0 spiro atoms. The Kier molecular flexibility index (Phi) is 3.35. The number of aromatic hydroxyl groups is 1. The SMILES string of the molecule is Cc1cc(F)c(C2CC(CN)CN2C)cc1O. The number of halogens is 1. The van der Waals surface area contributed by atoms with E-state index in [1.54, 1.807) is 13.0 Å². The van der Waals surface area contributed by atoms with Crippen LogP contribution in [0.5, 0.6) is 5.75 Å². The number of phenolic OH excluding ortho intramolecular Hbond substituents is 1. The quantitative estimate of drug-likeness (QED) is 0.826. The maximum atomic E-state index is 13.9. The second-order valence-corrected chi connectivity index (χ2v) is 4.95. The highest BCUT2D eigenvalue weighted by Gasteiger charge is 2.31. The summed E-state index contributed by atoms with van der Waals surface area (Å²) < 4.78 is 13.9. The van der Waals surface area contributed by atoms with Gasteiger partial charge in [-0.25, -0.2) is 4.39 Å². The molecular formula is C13H19FN2O. The van der Waals surface area contributed by atoms with Crippen LogP contribution in [0.1, 0.15) is 23.6 Å². The summed E-state index contributed by atoms with van der Waals surface area (Å²) >= 11 is 0. The summed E-state index contributed by atoms with van der Waals surface area (Å²) in [6, 6.07) is 2.97. The number of likely N-dealkylation sites (tertiary alicyclic amines) is 1. The van der Waals surface area contributed by atoms with E-state index in [9.17, 15) is 9.50 Å². The van der Waals surface area contributed by atoms with E-state index in [2.05, 4.69) is 4.90 Å². The summed E-state index contributed by atoms with van der Waals surface area (Å²) in [5.41, 5.74) is 6.81. The number of nitrogens with two attached hydrogens (primary N) is 1. The molecule has 1 aromatic carbocycles. The van der Waals surface area contributed by atoms with E-state index >= 15 is 0 Å². The van der Waals surface area contributed by atoms with Crippen LogP contribution >= 0.6 is 0 Å². The second-order valence-electron chi connectivity index (χ2n) is 4.95. The average molecular weight is 238 g/mol. The predicted octanol–water partition coefficient (Wildman–Crippen LogP) is 1.79. The van der Waals surface area contributed by atoms with Crippen LogP contribution in [-0.4, -0.2) is 30.1 Å². The molecule has 2 atom stereocenters. The van der Waals surface area contributed by atoms with Crippen molar-refractivity contribution in [3.8, 4) is 5.75 Å². The minimum Gasteiger partial charge on any atom is -0.508 e. The van der Waals surface area contributed by atoms with Gasteiger partial charge in [-0.3, -0.25) is 4.90 Å². The largest absolute Gasteiger partial charge is 0.508 e. The normalized spacial score (nSPS) is 25.4. The van der Waals surface area contributed by atoms with Crippen molar-refractivity contribution in [2.24, 2.45) is 11.7 Å². The molecule has 1 aliphatic heterocycles. The Morgan fingerprint density at radius 1 is 1.53 bits per heavy atom. The summed E-state index contributed by atoms with van der Waals surface area (Å²) in [7, 11) is 1.97. The molecule has 1 aromatic rings. The Labute approximate surface area is 101 Å². The Balaban J connectivity index is 2.31. The van der Waals surface area contributed by atoms with E-state index in [4.69, 9.17) is 5.73 Å². The lowest BCUT2D eigenvalue weighted by Crippen LogP contribution is -2.21. The number of hydrogen-bond donors (Lipinski definition) is 2. The minimum absolute atomic E-state index is 0.0232. The number of nitrogens with zero attached hydrogens (tertiary/aromatic N) is 1. The Morgan fingerprint density at radius 2 is 2.24 bits per heavy atom. The van der Waals surface area contributed by atoms with Crippen molar-refractivity contribution >= 4 is 0 Å². The van der Waals surface area contributed by atoms with E-state index in [1.807, 2.05) is 7.05 Å². The van der Waals surface area contributed by atoms with E-state index in [0.717, 1.165) is 13.0 Å². The molecule has 0 bridgehead atoms. The van der Waals surface area contributed by atoms with E-state index in [-0.39, 0.29) is 17.6 Å². The highest BCUT2D eigenvalue weighted by molar-refractivity contribution is 5.38. The molecule has 17 heavy (non-hydrogen) atoms. The van der Waals surface area contributed by atoms with Crippen molar-refractivity contribution in [3.63, 3.8) is 0 Å². The monoisotopic (exact) mass is 238 g/mol. The Morgan fingerprint density at radius 3 is 2.82 bits per heavy atom. The lowest BCUT2D eigenvalue weighted by molar-refractivity contribution is 0.305. The van der Waals surface area contributed by atoms with Gasteiger partial charge in [0.05, 0.1) is 0 Å². The van der Waals surface area contributed by atoms with Gasteiger partial charge in [-0.2, -0.15) is 0 Å². The molecule has 0 aromatic heterocycles. The molecule has 0 aliphatic carbocycles. The fraction of sp³-hybridized carbons (Fsp3) is 0.538. The van der Waals surface area contributed by atoms with Crippen LogP contribution in [0.4, 0.5) is 4.39 Å². The van der Waals surface area contributed by atoms with Crippen LogP contribution in [0.15, 0.2) is 12.1 Å². The number of hydrogen-bond acceptors (Lipinski definition) is 3. The zero-order valence-corrected chi connectivity index (χ0v) is 10.3. The zero-order valence-electron chi connectivity index (χ0n) is 10.3. The van der Waals surface area contributed by atoms with Gasteiger partial charge in [0, 0.05) is 18.2 Å². The molecule has 1 aliphatic rings. The zero-order chi connectivity index (χ0) is 12.6. The van der Waals surface area contributed by atoms with Crippen molar-refractivity contribution in [2.75, 3.05) is 20.1 Å². The van der Waals surface area contributed by atoms with Gasteiger partial charge in [-0.05, 0) is 50.6 Å². The van der Waals surface area contributed by atoms with Crippen molar-refractivity contribution in [3.05, 3.63) is 29.1 Å². The van der Waals surface area contributed by atoms with Crippen LogP contribution < -0.4 is 5.73 Å². The maximum absolute atomic E-state index is 13.9. The van der Waals surface area contributed by atoms with Crippen molar-refractivity contribution in [1.82, 2.24) is 4.90 Å². The standard InChI is InChI=1S/C13H19FN2O/c1-8-3-11(14)10(5-13(8)17)12-4-9(6-15)7-16(12)2/h3,5,9,12,17H,4,6-7,15H2,1-2H3. The molecule has 0 radical (unpaired) electrons. The van der Waals surface area contributed by atoms with Gasteiger partial charge < -0.3 is 10.8 Å². The van der Waals surface area contributed by atoms with Gasteiger partial charge in [-0.1, -0.05) is 0 Å². The smallest absolute Gasteiger partial charge is 0.128 e. The van der Waals surface area contributed by atoms with Gasteiger partial charge in [0.15, 0.2) is 0 Å². The molecule has 4 heteroatoms. The first-order valence-electron chi connectivity index (χ1n) is 5.92. The van der Waals surface area contributed by atoms with Crippen LogP contribution in [0.3, 0.4) is 0 Å². The number of benzene rings is 1. The Hall–Kier alpha value is -1.13. The lowest BCUT2D eigenvalue weighted by atomic mass is 9.98. The van der Waals surface area contributed by atoms with Crippen molar-refractivity contribution < 1.29 is 9.50 Å². The van der Waals surface area contributed by atoms with Crippen LogP contribution in [0.25, 0.3) is 0 Å². The summed E-state index contributed by atoms with van der Waals surface area (Å²) in [4.78, 5) is 2.10. The lowest BCUT2D eigenvalue weighted by Gasteiger charge is -2.20. The first kappa shape index (κ1) is 12.3. The number of aryl methyl sites for hydroxylation is 1. The molecule has 2 rings (SSSR count). The maximum Gasteiger partial charge on any atom is 0.128 e. The van der Waals surface area contributed by atoms with E-state index in [0.29, 0.717) is 23.6 Å². The topological polar surface area (TPSA) is 49.5 Å². The molecule has 1 fully saturated rings. The fourth-order valence-corrected chi connectivity index (χ4v) is 2.57. The fourth-order valence-electron chi connectivity index (χ4n) is 2.57. The summed E-state index contributed by atoms with van der Waals surface area (Å²) in [6.07, 6.45) is 0.854. The molecule has 1 heterocycles. The van der Waals surface area contributed by atoms with Crippen LogP contribution in [-0.2, 0) is 0 Å². The second kappa shape index (κ2) is 4.63. The Bertz CT molecular complexity index is 422. The molecule has 3 N–H and O–H groups in total. The highest BCUT2D eigenvalue weighted by Crippen LogP contribution is 2.37. The predicted molar refractivity (Wildman–Crippen MR) is 65.3 cm³/mol. The summed E-state index contributed by atoms with van der Waals surface area (Å²) in [6.45, 7) is 3.21. The third-order valence-corrected chi connectivity index (χ3v) is 3.64. The molecule has 2 unspecified atom stereocenters. The molecule has 0 amide bonds. The minimum atomic E-state index is -0.241. The van der Waals surface area contributed by atoms with Crippen molar-refractivity contribution in [1.29, 1.82) is 0 Å². The molecule has 94 valence electrons. The average Bonchev–Trinajstić information content (AvgIpc) is 2.65. The van der Waals surface area contributed by atoms with Crippen LogP contribution in [0.2, 0.25) is 0 Å². The summed E-state index contributed by atoms with van der Waals surface area (Å²) in [5.74, 6) is 0.327. The third-order valence-electron chi connectivity index (χ3n) is 3.64. The first-order chi connectivity index (χ1) is 8.02. The molecular weight excluding hydrogens is 219 g/mol. The van der Waals surface area contributed by atoms with Gasteiger partial charge >= 0.3 is 0 Å². The molecule has 3 nitrogen and oxygen atoms in total. The first-order valence-corrected chi connectivity index (χ1v) is 5.92.